The Hall–Kier alpha value is -0.600. The first kappa shape index (κ1) is 12.5. The van der Waals surface area contributed by atoms with Gasteiger partial charge < -0.3 is 5.11 Å². The van der Waals surface area contributed by atoms with Gasteiger partial charge >= 0.3 is 0 Å². The fourth-order valence-corrected chi connectivity index (χ4v) is 1.49. The maximum Gasteiger partial charge on any atom is 0.0594 e. The summed E-state index contributed by atoms with van der Waals surface area (Å²) in [6, 6.07) is 8.17. The highest BCUT2D eigenvalue weighted by atomic mass is 79.9. The molecule has 1 nitrogen and oxygen atoms in total. The predicted octanol–water partition coefficient (Wildman–Crippen LogP) is 4.01. The van der Waals surface area contributed by atoms with Gasteiger partial charge in [0.25, 0.3) is 0 Å². The van der Waals surface area contributed by atoms with E-state index in [4.69, 9.17) is 0 Å². The SMILES string of the molecule is CC(C)(O)CC/C=C/c1ccc(Br)cc1. The number of rotatable bonds is 4. The minimum Gasteiger partial charge on any atom is -0.390 e. The van der Waals surface area contributed by atoms with Gasteiger partial charge in [0, 0.05) is 4.47 Å². The van der Waals surface area contributed by atoms with E-state index in [-0.39, 0.29) is 0 Å². The van der Waals surface area contributed by atoms with Crippen LogP contribution in [0.15, 0.2) is 34.8 Å². The topological polar surface area (TPSA) is 20.2 Å². The molecule has 0 spiro atoms. The Morgan fingerprint density at radius 3 is 2.40 bits per heavy atom. The van der Waals surface area contributed by atoms with Crippen molar-refractivity contribution in [3.63, 3.8) is 0 Å². The Labute approximate surface area is 100.0 Å². The Kier molecular flexibility index (Phi) is 4.55. The molecule has 0 aliphatic heterocycles. The van der Waals surface area contributed by atoms with Crippen LogP contribution in [0.3, 0.4) is 0 Å². The summed E-state index contributed by atoms with van der Waals surface area (Å²) in [5.74, 6) is 0. The predicted molar refractivity (Wildman–Crippen MR) is 68.7 cm³/mol. The maximum absolute atomic E-state index is 9.51. The summed E-state index contributed by atoms with van der Waals surface area (Å²) in [5, 5.41) is 9.51. The summed E-state index contributed by atoms with van der Waals surface area (Å²) in [7, 11) is 0. The molecular formula is C13H17BrO. The molecule has 1 rings (SSSR count). The molecule has 0 radical (unpaired) electrons. The fraction of sp³-hybridized carbons (Fsp3) is 0.385. The first-order valence-electron chi connectivity index (χ1n) is 5.12. The standard InChI is InChI=1S/C13H17BrO/c1-13(2,15)10-4-3-5-11-6-8-12(14)9-7-11/h3,5-9,15H,4,10H2,1-2H3/b5-3+. The number of hydrogen-bond acceptors (Lipinski definition) is 1. The van der Waals surface area contributed by atoms with Crippen LogP contribution in [0.1, 0.15) is 32.3 Å². The van der Waals surface area contributed by atoms with Crippen molar-refractivity contribution in [3.05, 3.63) is 40.4 Å². The third-order valence-electron chi connectivity index (χ3n) is 2.10. The molecule has 1 aromatic rings. The molecule has 0 heterocycles. The van der Waals surface area contributed by atoms with E-state index in [9.17, 15) is 5.11 Å². The summed E-state index contributed by atoms with van der Waals surface area (Å²) in [6.07, 6.45) is 5.87. The van der Waals surface area contributed by atoms with Crippen LogP contribution < -0.4 is 0 Å². The van der Waals surface area contributed by atoms with Crippen LogP contribution in [0.4, 0.5) is 0 Å². The van der Waals surface area contributed by atoms with E-state index in [0.717, 1.165) is 17.3 Å². The highest BCUT2D eigenvalue weighted by molar-refractivity contribution is 9.10. The van der Waals surface area contributed by atoms with E-state index in [1.165, 1.54) is 5.56 Å². The lowest BCUT2D eigenvalue weighted by Gasteiger charge is -2.14. The van der Waals surface area contributed by atoms with Gasteiger partial charge in [0.15, 0.2) is 0 Å². The monoisotopic (exact) mass is 268 g/mol. The van der Waals surface area contributed by atoms with Gasteiger partial charge in [0.05, 0.1) is 5.60 Å². The highest BCUT2D eigenvalue weighted by Crippen LogP contribution is 2.14. The van der Waals surface area contributed by atoms with E-state index < -0.39 is 5.60 Å². The third kappa shape index (κ3) is 5.75. The van der Waals surface area contributed by atoms with Gasteiger partial charge in [-0.05, 0) is 44.4 Å². The van der Waals surface area contributed by atoms with Crippen LogP contribution in [-0.2, 0) is 0 Å². The van der Waals surface area contributed by atoms with Crippen LogP contribution in [0.2, 0.25) is 0 Å². The molecule has 2 heteroatoms. The third-order valence-corrected chi connectivity index (χ3v) is 2.63. The minimum absolute atomic E-state index is 0.565. The van der Waals surface area contributed by atoms with E-state index in [2.05, 4.69) is 40.2 Å². The largest absolute Gasteiger partial charge is 0.390 e. The van der Waals surface area contributed by atoms with Gasteiger partial charge in [-0.2, -0.15) is 0 Å². The molecule has 0 saturated carbocycles. The van der Waals surface area contributed by atoms with Crippen molar-refractivity contribution in [1.29, 1.82) is 0 Å². The Bertz CT molecular complexity index is 319. The summed E-state index contributed by atoms with van der Waals surface area (Å²) < 4.78 is 1.09. The van der Waals surface area contributed by atoms with E-state index in [1.807, 2.05) is 26.0 Å². The van der Waals surface area contributed by atoms with E-state index in [0.29, 0.717) is 0 Å². The van der Waals surface area contributed by atoms with Crippen molar-refractivity contribution in [2.45, 2.75) is 32.3 Å². The summed E-state index contributed by atoms with van der Waals surface area (Å²) in [6.45, 7) is 3.67. The number of halogens is 1. The normalized spacial score (nSPS) is 12.3. The molecule has 0 bridgehead atoms. The second kappa shape index (κ2) is 5.47. The number of aliphatic hydroxyl groups is 1. The lowest BCUT2D eigenvalue weighted by atomic mass is 10.0. The van der Waals surface area contributed by atoms with Crippen molar-refractivity contribution in [1.82, 2.24) is 0 Å². The molecule has 0 fully saturated rings. The summed E-state index contributed by atoms with van der Waals surface area (Å²) in [4.78, 5) is 0. The van der Waals surface area contributed by atoms with E-state index >= 15 is 0 Å². The lowest BCUT2D eigenvalue weighted by Crippen LogP contribution is -2.17. The molecule has 0 aromatic heterocycles. The maximum atomic E-state index is 9.51. The fourth-order valence-electron chi connectivity index (χ4n) is 1.23. The molecule has 0 unspecified atom stereocenters. The first-order chi connectivity index (χ1) is 6.97. The molecule has 1 N–H and O–H groups in total. The van der Waals surface area contributed by atoms with Crippen LogP contribution in [0.5, 0.6) is 0 Å². The Morgan fingerprint density at radius 1 is 1.27 bits per heavy atom. The summed E-state index contributed by atoms with van der Waals surface area (Å²) in [5.41, 5.74) is 0.623. The molecule has 15 heavy (non-hydrogen) atoms. The molecule has 1 aromatic carbocycles. The zero-order valence-electron chi connectivity index (χ0n) is 9.20. The van der Waals surface area contributed by atoms with Gasteiger partial charge in [0.2, 0.25) is 0 Å². The van der Waals surface area contributed by atoms with Crippen LogP contribution >= 0.6 is 15.9 Å². The van der Waals surface area contributed by atoms with Gasteiger partial charge in [-0.1, -0.05) is 40.2 Å². The average Bonchev–Trinajstić information content (AvgIpc) is 2.14. The van der Waals surface area contributed by atoms with Crippen LogP contribution in [0, 0.1) is 0 Å². The van der Waals surface area contributed by atoms with Crippen molar-refractivity contribution >= 4 is 22.0 Å². The van der Waals surface area contributed by atoms with Gasteiger partial charge in [-0.15, -0.1) is 0 Å². The van der Waals surface area contributed by atoms with Gasteiger partial charge in [0.1, 0.15) is 0 Å². The van der Waals surface area contributed by atoms with Crippen molar-refractivity contribution in [3.8, 4) is 0 Å². The first-order valence-corrected chi connectivity index (χ1v) is 5.91. The number of benzene rings is 1. The molecule has 0 amide bonds. The molecule has 0 aliphatic rings. The average molecular weight is 269 g/mol. The minimum atomic E-state index is -0.565. The Morgan fingerprint density at radius 2 is 1.87 bits per heavy atom. The molecule has 0 atom stereocenters. The number of hydrogen-bond donors (Lipinski definition) is 1. The molecule has 0 aliphatic carbocycles. The second-order valence-corrected chi connectivity index (χ2v) is 5.22. The molecule has 0 saturated heterocycles. The molecule has 82 valence electrons. The zero-order chi connectivity index (χ0) is 11.3. The zero-order valence-corrected chi connectivity index (χ0v) is 10.8. The van der Waals surface area contributed by atoms with Gasteiger partial charge in [-0.3, -0.25) is 0 Å². The lowest BCUT2D eigenvalue weighted by molar-refractivity contribution is 0.0722. The second-order valence-electron chi connectivity index (χ2n) is 4.31. The molecular weight excluding hydrogens is 252 g/mol. The van der Waals surface area contributed by atoms with E-state index in [1.54, 1.807) is 0 Å². The van der Waals surface area contributed by atoms with Crippen LogP contribution in [0.25, 0.3) is 6.08 Å². The van der Waals surface area contributed by atoms with Gasteiger partial charge in [-0.25, -0.2) is 0 Å². The quantitative estimate of drug-likeness (QED) is 0.875. The Balaban J connectivity index is 2.42. The van der Waals surface area contributed by atoms with Crippen LogP contribution in [-0.4, -0.2) is 10.7 Å². The van der Waals surface area contributed by atoms with Crippen molar-refractivity contribution in [2.24, 2.45) is 0 Å². The smallest absolute Gasteiger partial charge is 0.0594 e. The summed E-state index contributed by atoms with van der Waals surface area (Å²) >= 11 is 3.40. The van der Waals surface area contributed by atoms with Crippen molar-refractivity contribution in [2.75, 3.05) is 0 Å². The van der Waals surface area contributed by atoms with Crippen molar-refractivity contribution < 1.29 is 5.11 Å². The number of allylic oxidation sites excluding steroid dienone is 1. The highest BCUT2D eigenvalue weighted by Gasteiger charge is 2.09.